The second-order valence-corrected chi connectivity index (χ2v) is 19.1. The summed E-state index contributed by atoms with van der Waals surface area (Å²) in [6, 6.07) is 29.3. The quantitative estimate of drug-likeness (QED) is 0.277. The van der Waals surface area contributed by atoms with E-state index in [0.717, 1.165) is 11.5 Å². The molecule has 219 valence electrons. The Morgan fingerprint density at radius 3 is 2.14 bits per heavy atom. The zero-order chi connectivity index (χ0) is 28.3. The molecule has 4 aromatic rings. The van der Waals surface area contributed by atoms with E-state index in [9.17, 15) is 0 Å². The summed E-state index contributed by atoms with van der Waals surface area (Å²) in [5.74, 6) is 0.797. The summed E-state index contributed by atoms with van der Waals surface area (Å²) in [7, 11) is -1.17. The van der Waals surface area contributed by atoms with Gasteiger partial charge in [-0.1, -0.05) is 36.9 Å². The van der Waals surface area contributed by atoms with Crippen LogP contribution in [0.3, 0.4) is 0 Å². The Hall–Kier alpha value is -1.90. The van der Waals surface area contributed by atoms with Gasteiger partial charge in [0.15, 0.2) is 0 Å². The summed E-state index contributed by atoms with van der Waals surface area (Å²) < 4.78 is 3.04. The van der Waals surface area contributed by atoms with Gasteiger partial charge in [-0.15, -0.1) is 0 Å². The molecule has 0 spiro atoms. The molecule has 5 heteroatoms. The van der Waals surface area contributed by atoms with Crippen LogP contribution < -0.4 is 24.8 Å². The third-order valence-corrected chi connectivity index (χ3v) is 16.3. The van der Waals surface area contributed by atoms with Gasteiger partial charge >= 0.3 is 155 Å². The van der Waals surface area contributed by atoms with Crippen LogP contribution in [0.5, 0.6) is 0 Å². The van der Waals surface area contributed by atoms with E-state index in [1.807, 2.05) is 0 Å². The van der Waals surface area contributed by atoms with Crippen molar-refractivity contribution >= 4 is 19.3 Å². The minimum atomic E-state index is -1.17. The number of fused-ring (bicyclic) bond motifs is 1. The first-order valence-corrected chi connectivity index (χ1v) is 20.0. The van der Waals surface area contributed by atoms with Crippen LogP contribution in [0.25, 0.3) is 28.1 Å². The van der Waals surface area contributed by atoms with E-state index in [1.54, 1.807) is 46.6 Å². The van der Waals surface area contributed by atoms with Crippen molar-refractivity contribution in [2.45, 2.75) is 74.1 Å². The molecule has 0 N–H and O–H groups in total. The van der Waals surface area contributed by atoms with Crippen LogP contribution in [0.4, 0.5) is 0 Å². The summed E-state index contributed by atoms with van der Waals surface area (Å²) in [5.41, 5.74) is 15.6. The second kappa shape index (κ2) is 12.8. The third-order valence-electron chi connectivity index (χ3n) is 10.3. The fourth-order valence-corrected chi connectivity index (χ4v) is 13.5. The molecule has 1 aromatic heterocycles. The number of benzene rings is 3. The molecule has 9 rings (SSSR count). The van der Waals surface area contributed by atoms with Crippen LogP contribution >= 0.6 is 0 Å². The summed E-state index contributed by atoms with van der Waals surface area (Å²) in [6.45, 7) is 9.62. The van der Waals surface area contributed by atoms with E-state index in [1.165, 1.54) is 71.3 Å². The van der Waals surface area contributed by atoms with Crippen LogP contribution in [-0.2, 0) is 24.7 Å². The van der Waals surface area contributed by atoms with Crippen LogP contribution in [0.1, 0.15) is 89.0 Å². The first-order valence-electron chi connectivity index (χ1n) is 15.5. The van der Waals surface area contributed by atoms with Gasteiger partial charge in [0.05, 0.1) is 8.07 Å². The summed E-state index contributed by atoms with van der Waals surface area (Å²) in [5, 5.41) is 1.70. The number of para-hydroxylation sites is 1. The number of nitrogens with zero attached hydrogens (tertiary/aromatic N) is 1. The Kier molecular flexibility index (Phi) is 9.70. The molecule has 3 heterocycles. The Morgan fingerprint density at radius 2 is 1.47 bits per heavy atom. The molecule has 2 atom stereocenters. The van der Waals surface area contributed by atoms with E-state index in [2.05, 4.69) is 123 Å². The van der Waals surface area contributed by atoms with Gasteiger partial charge in [0.25, 0.3) is 0 Å². The van der Waals surface area contributed by atoms with Crippen LogP contribution in [-0.4, -0.2) is 12.6 Å². The molecule has 2 aliphatic heterocycles. The van der Waals surface area contributed by atoms with Crippen molar-refractivity contribution < 1.29 is 49.5 Å². The minimum absolute atomic E-state index is 0. The maximum absolute atomic E-state index is 2.51. The Morgan fingerprint density at radius 1 is 0.767 bits per heavy atom. The monoisotopic (exact) mass is 698 g/mol. The largest absolute Gasteiger partial charge is 1.00 e. The normalized spacial score (nSPS) is 20.9. The van der Waals surface area contributed by atoms with Crippen LogP contribution in [0, 0.1) is 0 Å². The standard InChI is InChI=1S/C22H23.C16H17NSi.2ClH.Zr/c1-16-14-20-8-5-9-21(22(20)15-16)19-12-10-18(11-13-19)17-6-3-2-4-7-17;1-11-15-13-9-10-17(12-7-5-4-6-8-12)14(13)16(11)18(15,2)3;;;/h5,8-15,17H,2-4,6-7H2,1H3;4-10,15H,1-3H3;2*1H;/q;;;;+2/p-2. The fourth-order valence-electron chi connectivity index (χ4n) is 8.30. The molecule has 0 amide bonds. The van der Waals surface area contributed by atoms with Gasteiger partial charge in [0, 0.05) is 23.1 Å². The van der Waals surface area contributed by atoms with Crippen molar-refractivity contribution in [2.24, 2.45) is 0 Å². The first kappa shape index (κ1) is 32.5. The maximum atomic E-state index is 2.51. The van der Waals surface area contributed by atoms with Gasteiger partial charge < -0.3 is 29.4 Å². The SMILES string of the molecule is CC1=C2c3c(ccn3-c3ccccc3)C1[Si]2(C)C.CC1=Cc2c(-c3ccc(C4CCCCC4)cc3)cccc2[CH]1[Zr+2].[Cl-].[Cl-]. The molecular formula is C38H40Cl2NSiZr. The third kappa shape index (κ3) is 5.48. The number of hydrogen-bond donors (Lipinski definition) is 0. The predicted octanol–water partition coefficient (Wildman–Crippen LogP) is 4.56. The Labute approximate surface area is 286 Å². The zero-order valence-electron chi connectivity index (χ0n) is 25.6. The van der Waals surface area contributed by atoms with E-state index in [-0.39, 0.29) is 24.8 Å². The molecule has 0 saturated heterocycles. The second-order valence-electron chi connectivity index (χ2n) is 13.1. The van der Waals surface area contributed by atoms with Crippen LogP contribution in [0.15, 0.2) is 96.2 Å². The fraction of sp³-hybridized carbons (Fsp3) is 0.316. The van der Waals surface area contributed by atoms with Gasteiger partial charge in [0.2, 0.25) is 0 Å². The molecule has 3 aliphatic carbocycles. The molecule has 1 saturated carbocycles. The maximum Gasteiger partial charge on any atom is -1.00 e. The zero-order valence-corrected chi connectivity index (χ0v) is 30.6. The van der Waals surface area contributed by atoms with Gasteiger partial charge in [-0.3, -0.25) is 0 Å². The van der Waals surface area contributed by atoms with Crippen molar-refractivity contribution in [3.05, 3.63) is 124 Å². The van der Waals surface area contributed by atoms with Gasteiger partial charge in [-0.05, 0) is 35.9 Å². The molecule has 43 heavy (non-hydrogen) atoms. The molecule has 1 fully saturated rings. The van der Waals surface area contributed by atoms with E-state index >= 15 is 0 Å². The summed E-state index contributed by atoms with van der Waals surface area (Å²) in [4.78, 5) is 0. The molecule has 5 aliphatic rings. The molecule has 3 aromatic carbocycles. The smallest absolute Gasteiger partial charge is 1.00 e. The molecule has 2 bridgehead atoms. The molecule has 0 radical (unpaired) electrons. The summed E-state index contributed by atoms with van der Waals surface area (Å²) in [6.07, 6.45) is 11.6. The topological polar surface area (TPSA) is 4.93 Å². The van der Waals surface area contributed by atoms with Crippen LogP contribution in [0.2, 0.25) is 13.1 Å². The van der Waals surface area contributed by atoms with Crippen molar-refractivity contribution in [3.8, 4) is 16.8 Å². The Bertz CT molecular complexity index is 1680. The molecular weight excluding hydrogens is 661 g/mol. The molecule has 1 nitrogen and oxygen atoms in total. The van der Waals surface area contributed by atoms with Crippen molar-refractivity contribution in [1.29, 1.82) is 0 Å². The Balaban J connectivity index is 0.000000168. The van der Waals surface area contributed by atoms with Gasteiger partial charge in [0.1, 0.15) is 0 Å². The number of aromatic nitrogens is 1. The minimum Gasteiger partial charge on any atom is -1.00 e. The van der Waals surface area contributed by atoms with Gasteiger partial charge in [-0.2, -0.15) is 0 Å². The van der Waals surface area contributed by atoms with E-state index in [0.29, 0.717) is 3.63 Å². The first-order chi connectivity index (χ1) is 19.9. The van der Waals surface area contributed by atoms with E-state index in [4.69, 9.17) is 0 Å². The van der Waals surface area contributed by atoms with Crippen molar-refractivity contribution in [3.63, 3.8) is 0 Å². The number of hydrogen-bond acceptors (Lipinski definition) is 0. The van der Waals surface area contributed by atoms with Crippen molar-refractivity contribution in [2.75, 3.05) is 0 Å². The number of allylic oxidation sites excluding steroid dienone is 2. The number of rotatable bonds is 3. The average molecular weight is 701 g/mol. The van der Waals surface area contributed by atoms with Crippen molar-refractivity contribution in [1.82, 2.24) is 4.57 Å². The summed E-state index contributed by atoms with van der Waals surface area (Å²) >= 11 is 1.60. The number of halogens is 2. The van der Waals surface area contributed by atoms with E-state index < -0.39 is 8.07 Å². The molecule has 2 unspecified atom stereocenters. The predicted molar refractivity (Wildman–Crippen MR) is 173 cm³/mol. The van der Waals surface area contributed by atoms with Gasteiger partial charge in [-0.25, -0.2) is 0 Å². The average Bonchev–Trinajstić information content (AvgIpc) is 3.69.